The van der Waals surface area contributed by atoms with Crippen molar-refractivity contribution < 1.29 is 31.9 Å². The highest BCUT2D eigenvalue weighted by Crippen LogP contribution is 2.49. The fraction of sp³-hybridized carbons (Fsp3) is 0.500. The summed E-state index contributed by atoms with van der Waals surface area (Å²) in [7, 11) is -4.71. The summed E-state index contributed by atoms with van der Waals surface area (Å²) >= 11 is 0. The van der Waals surface area contributed by atoms with E-state index in [4.69, 9.17) is 0 Å². The molecule has 0 radical (unpaired) electrons. The highest BCUT2D eigenvalue weighted by atomic mass is 32.2. The molecule has 1 aromatic carbocycles. The lowest BCUT2D eigenvalue weighted by Crippen LogP contribution is -2.37. The molecule has 0 aromatic heterocycles. The second-order valence-corrected chi connectivity index (χ2v) is 8.48. The van der Waals surface area contributed by atoms with Gasteiger partial charge in [0.1, 0.15) is 0 Å². The lowest BCUT2D eigenvalue weighted by Gasteiger charge is -2.23. The molecule has 1 aromatic rings. The SMILES string of the molecule is O=C(c1ccc(S(=O)(=O)C(F)F)cc1)N1C[C@@H]2CCC[C@@]2(C(=O)O)C1. The first kappa shape index (κ1) is 17.8. The number of benzene rings is 1. The second kappa shape index (κ2) is 6.05. The van der Waals surface area contributed by atoms with E-state index < -0.39 is 37.8 Å². The molecule has 3 rings (SSSR count). The van der Waals surface area contributed by atoms with Crippen molar-refractivity contribution in [1.82, 2.24) is 4.90 Å². The van der Waals surface area contributed by atoms with Crippen molar-refractivity contribution in [3.63, 3.8) is 0 Å². The van der Waals surface area contributed by atoms with Gasteiger partial charge in [0.05, 0.1) is 10.3 Å². The third-order valence-electron chi connectivity index (χ3n) is 5.25. The highest BCUT2D eigenvalue weighted by Gasteiger charge is 2.55. The number of hydrogen-bond donors (Lipinski definition) is 1. The molecule has 2 aliphatic rings. The Morgan fingerprint density at radius 1 is 1.24 bits per heavy atom. The average Bonchev–Trinajstić information content (AvgIpc) is 3.12. The molecule has 1 saturated heterocycles. The molecule has 1 aliphatic heterocycles. The third-order valence-corrected chi connectivity index (χ3v) is 6.65. The van der Waals surface area contributed by atoms with E-state index in [1.54, 1.807) is 0 Å². The lowest BCUT2D eigenvalue weighted by molar-refractivity contribution is -0.149. The summed E-state index contributed by atoms with van der Waals surface area (Å²) in [6.45, 7) is 0.450. The number of carboxylic acid groups (broad SMARTS) is 1. The number of carbonyl (C=O) groups is 2. The number of nitrogens with zero attached hydrogens (tertiary/aromatic N) is 1. The molecule has 1 amide bonds. The number of aliphatic carboxylic acids is 1. The Balaban J connectivity index is 1.80. The summed E-state index contributed by atoms with van der Waals surface area (Å²) in [6.07, 6.45) is 2.10. The topological polar surface area (TPSA) is 91.8 Å². The Hall–Kier alpha value is -2.03. The number of carboxylic acids is 1. The highest BCUT2D eigenvalue weighted by molar-refractivity contribution is 7.91. The van der Waals surface area contributed by atoms with Gasteiger partial charge in [0, 0.05) is 18.7 Å². The fourth-order valence-corrected chi connectivity index (χ4v) is 4.59. The zero-order valence-electron chi connectivity index (χ0n) is 13.2. The molecule has 0 bridgehead atoms. The van der Waals surface area contributed by atoms with Crippen LogP contribution in [0.25, 0.3) is 0 Å². The summed E-state index contributed by atoms with van der Waals surface area (Å²) in [6, 6.07) is 4.30. The van der Waals surface area contributed by atoms with E-state index in [1.165, 1.54) is 17.0 Å². The molecule has 9 heteroatoms. The predicted octanol–water partition coefficient (Wildman–Crippen LogP) is 2.01. The molecule has 1 aliphatic carbocycles. The molecule has 2 atom stereocenters. The number of fused-ring (bicyclic) bond motifs is 1. The van der Waals surface area contributed by atoms with Gasteiger partial charge in [-0.2, -0.15) is 8.78 Å². The maximum Gasteiger partial charge on any atom is 0.341 e. The van der Waals surface area contributed by atoms with Gasteiger partial charge in [0.15, 0.2) is 0 Å². The first-order chi connectivity index (χ1) is 11.7. The van der Waals surface area contributed by atoms with Gasteiger partial charge in [-0.15, -0.1) is 0 Å². The maximum absolute atomic E-state index is 12.6. The first-order valence-electron chi connectivity index (χ1n) is 7.83. The van der Waals surface area contributed by atoms with Crippen molar-refractivity contribution in [1.29, 1.82) is 0 Å². The van der Waals surface area contributed by atoms with Crippen LogP contribution < -0.4 is 0 Å². The van der Waals surface area contributed by atoms with E-state index in [-0.39, 0.29) is 18.0 Å². The smallest absolute Gasteiger partial charge is 0.341 e. The molecule has 25 heavy (non-hydrogen) atoms. The molecular formula is C16H17F2NO5S. The molecule has 1 N–H and O–H groups in total. The van der Waals surface area contributed by atoms with E-state index in [0.29, 0.717) is 13.0 Å². The summed E-state index contributed by atoms with van der Waals surface area (Å²) < 4.78 is 47.9. The Labute approximate surface area is 143 Å². The molecule has 0 unspecified atom stereocenters. The van der Waals surface area contributed by atoms with E-state index in [0.717, 1.165) is 25.0 Å². The number of carbonyl (C=O) groups excluding carboxylic acids is 1. The van der Waals surface area contributed by atoms with Crippen molar-refractivity contribution in [3.8, 4) is 0 Å². The van der Waals surface area contributed by atoms with Crippen molar-refractivity contribution in [3.05, 3.63) is 29.8 Å². The van der Waals surface area contributed by atoms with E-state index >= 15 is 0 Å². The van der Waals surface area contributed by atoms with Crippen molar-refractivity contribution in [2.45, 2.75) is 29.9 Å². The largest absolute Gasteiger partial charge is 0.481 e. The van der Waals surface area contributed by atoms with Gasteiger partial charge >= 0.3 is 11.7 Å². The van der Waals surface area contributed by atoms with Gasteiger partial charge in [0.25, 0.3) is 5.91 Å². The van der Waals surface area contributed by atoms with Gasteiger partial charge in [-0.25, -0.2) is 8.42 Å². The van der Waals surface area contributed by atoms with Gasteiger partial charge < -0.3 is 10.0 Å². The fourth-order valence-electron chi connectivity index (χ4n) is 3.87. The minimum atomic E-state index is -4.71. The molecule has 6 nitrogen and oxygen atoms in total. The molecule has 1 saturated carbocycles. The number of amides is 1. The average molecular weight is 373 g/mol. The summed E-state index contributed by atoms with van der Waals surface area (Å²) in [5.41, 5.74) is -0.761. The molecular weight excluding hydrogens is 356 g/mol. The maximum atomic E-state index is 12.6. The minimum Gasteiger partial charge on any atom is -0.481 e. The van der Waals surface area contributed by atoms with Crippen LogP contribution in [0.15, 0.2) is 29.2 Å². The van der Waals surface area contributed by atoms with Crippen LogP contribution >= 0.6 is 0 Å². The van der Waals surface area contributed by atoms with Crippen LogP contribution in [0.2, 0.25) is 0 Å². The van der Waals surface area contributed by atoms with E-state index in [1.807, 2.05) is 0 Å². The van der Waals surface area contributed by atoms with Gasteiger partial charge in [0.2, 0.25) is 9.84 Å². The van der Waals surface area contributed by atoms with E-state index in [2.05, 4.69) is 0 Å². The molecule has 0 spiro atoms. The van der Waals surface area contributed by atoms with Crippen LogP contribution in [0.4, 0.5) is 8.78 Å². The molecule has 1 heterocycles. The van der Waals surface area contributed by atoms with Crippen LogP contribution in [0, 0.1) is 11.3 Å². The van der Waals surface area contributed by atoms with Crippen LogP contribution in [-0.4, -0.2) is 49.1 Å². The zero-order chi connectivity index (χ0) is 18.4. The number of sulfone groups is 1. The monoisotopic (exact) mass is 373 g/mol. The summed E-state index contributed by atoms with van der Waals surface area (Å²) in [5.74, 6) is -4.94. The van der Waals surface area contributed by atoms with Crippen LogP contribution in [0.5, 0.6) is 0 Å². The van der Waals surface area contributed by atoms with Crippen LogP contribution in [0.3, 0.4) is 0 Å². The number of likely N-dealkylation sites (tertiary alicyclic amines) is 1. The van der Waals surface area contributed by atoms with Crippen LogP contribution in [-0.2, 0) is 14.6 Å². The Kier molecular flexibility index (Phi) is 4.30. The Morgan fingerprint density at radius 3 is 2.40 bits per heavy atom. The van der Waals surface area contributed by atoms with E-state index in [9.17, 15) is 31.9 Å². The number of alkyl halides is 2. The standard InChI is InChI=1S/C16H17F2NO5S/c17-15(18)25(23,24)12-5-3-10(4-6-12)13(20)19-8-11-2-1-7-16(11,9-19)14(21)22/h3-6,11,15H,1-2,7-9H2,(H,21,22)/t11-,16+/m0/s1. The van der Waals surface area contributed by atoms with Crippen molar-refractivity contribution >= 4 is 21.7 Å². The molecule has 136 valence electrons. The predicted molar refractivity (Wildman–Crippen MR) is 82.9 cm³/mol. The first-order valence-corrected chi connectivity index (χ1v) is 9.38. The number of rotatable bonds is 4. The van der Waals surface area contributed by atoms with Crippen molar-refractivity contribution in [2.24, 2.45) is 11.3 Å². The summed E-state index contributed by atoms with van der Waals surface area (Å²) in [4.78, 5) is 25.1. The number of hydrogen-bond acceptors (Lipinski definition) is 4. The number of halogens is 2. The quantitative estimate of drug-likeness (QED) is 0.872. The van der Waals surface area contributed by atoms with Gasteiger partial charge in [-0.05, 0) is 43.0 Å². The van der Waals surface area contributed by atoms with Crippen molar-refractivity contribution in [2.75, 3.05) is 13.1 Å². The zero-order valence-corrected chi connectivity index (χ0v) is 14.0. The van der Waals surface area contributed by atoms with Gasteiger partial charge in [-0.1, -0.05) is 6.42 Å². The lowest BCUT2D eigenvalue weighted by atomic mass is 9.81. The van der Waals surface area contributed by atoms with Crippen LogP contribution in [0.1, 0.15) is 29.6 Å². The third kappa shape index (κ3) is 2.80. The van der Waals surface area contributed by atoms with Gasteiger partial charge in [-0.3, -0.25) is 9.59 Å². The Morgan fingerprint density at radius 2 is 1.88 bits per heavy atom. The molecule has 2 fully saturated rings. The minimum absolute atomic E-state index is 0.0903. The second-order valence-electron chi connectivity index (χ2n) is 6.57. The normalized spacial score (nSPS) is 26.0. The summed E-state index contributed by atoms with van der Waals surface area (Å²) in [5, 5.41) is 9.55. The Bertz CT molecular complexity index is 808.